The minimum Gasteiger partial charge on any atom is -0.248 e. The van der Waals surface area contributed by atoms with E-state index in [0.29, 0.717) is 9.26 Å². The van der Waals surface area contributed by atoms with Gasteiger partial charge in [-0.1, -0.05) is 11.6 Å². The van der Waals surface area contributed by atoms with E-state index in [1.165, 1.54) is 6.20 Å². The first kappa shape index (κ1) is 11.4. The van der Waals surface area contributed by atoms with Crippen molar-refractivity contribution in [3.8, 4) is 0 Å². The summed E-state index contributed by atoms with van der Waals surface area (Å²) in [5.74, 6) is -0.00843. The van der Waals surface area contributed by atoms with Gasteiger partial charge in [-0.2, -0.15) is 0 Å². The molecule has 1 nitrogen and oxygen atoms in total. The van der Waals surface area contributed by atoms with Gasteiger partial charge < -0.3 is 0 Å². The van der Waals surface area contributed by atoms with Crippen molar-refractivity contribution in [2.75, 3.05) is 0 Å². The smallest absolute Gasteiger partial charge is 0.248 e. The maximum Gasteiger partial charge on any atom is 0.265 e. The maximum atomic E-state index is 12.5. The van der Waals surface area contributed by atoms with E-state index in [9.17, 15) is 8.78 Å². The summed E-state index contributed by atoms with van der Waals surface area (Å²) >= 11 is 12.9. The van der Waals surface area contributed by atoms with Crippen molar-refractivity contribution >= 4 is 45.8 Å². The van der Waals surface area contributed by atoms with Crippen LogP contribution < -0.4 is 0 Å². The molecule has 1 aromatic rings. The Morgan fingerprint density at radius 2 is 2.15 bits per heavy atom. The maximum absolute atomic E-state index is 12.5. The lowest BCUT2D eigenvalue weighted by Gasteiger charge is -2.09. The van der Waals surface area contributed by atoms with Gasteiger partial charge in [0.2, 0.25) is 0 Å². The molecular formula is C7H4Cl2F2IN. The average Bonchev–Trinajstić information content (AvgIpc) is 2.07. The van der Waals surface area contributed by atoms with Gasteiger partial charge in [-0.15, -0.1) is 11.6 Å². The molecule has 0 saturated heterocycles. The summed E-state index contributed by atoms with van der Waals surface area (Å²) in [6.07, 6.45) is -1.40. The topological polar surface area (TPSA) is 12.9 Å². The zero-order valence-corrected chi connectivity index (χ0v) is 9.87. The third kappa shape index (κ3) is 2.41. The summed E-state index contributed by atoms with van der Waals surface area (Å²) in [6, 6.07) is 0. The molecule has 0 spiro atoms. The zero-order valence-electron chi connectivity index (χ0n) is 6.20. The molecule has 0 amide bonds. The number of rotatable bonds is 2. The lowest BCUT2D eigenvalue weighted by Crippen LogP contribution is -1.99. The van der Waals surface area contributed by atoms with Gasteiger partial charge in [-0.25, -0.2) is 13.8 Å². The molecule has 0 aliphatic heterocycles. The Morgan fingerprint density at radius 1 is 1.54 bits per heavy atom. The highest BCUT2D eigenvalue weighted by Crippen LogP contribution is 2.32. The molecule has 1 rings (SSSR count). The second-order valence-corrected chi connectivity index (χ2v) is 3.92. The van der Waals surface area contributed by atoms with Crippen molar-refractivity contribution in [1.82, 2.24) is 4.98 Å². The van der Waals surface area contributed by atoms with E-state index in [2.05, 4.69) is 4.98 Å². The van der Waals surface area contributed by atoms with E-state index in [4.69, 9.17) is 23.2 Å². The molecule has 0 aliphatic carbocycles. The first-order valence-electron chi connectivity index (χ1n) is 3.24. The Kier molecular flexibility index (Phi) is 4.12. The van der Waals surface area contributed by atoms with E-state index in [1.54, 1.807) is 0 Å². The van der Waals surface area contributed by atoms with E-state index in [0.717, 1.165) is 0 Å². The molecule has 13 heavy (non-hydrogen) atoms. The highest BCUT2D eigenvalue weighted by atomic mass is 127. The average molecular weight is 338 g/mol. The molecule has 0 aliphatic rings. The van der Waals surface area contributed by atoms with Crippen LogP contribution in [0.1, 0.15) is 17.6 Å². The van der Waals surface area contributed by atoms with Crippen LogP contribution in [0.5, 0.6) is 0 Å². The highest BCUT2D eigenvalue weighted by Gasteiger charge is 2.19. The summed E-state index contributed by atoms with van der Waals surface area (Å²) in [6.45, 7) is 0. The molecule has 0 aromatic carbocycles. The second-order valence-electron chi connectivity index (χ2n) is 2.22. The van der Waals surface area contributed by atoms with Gasteiger partial charge in [0, 0.05) is 17.3 Å². The van der Waals surface area contributed by atoms with Crippen molar-refractivity contribution in [2.45, 2.75) is 12.3 Å². The lowest BCUT2D eigenvalue weighted by molar-refractivity contribution is 0.150. The summed E-state index contributed by atoms with van der Waals surface area (Å²) in [5.41, 5.74) is 0.0980. The van der Waals surface area contributed by atoms with E-state index in [1.807, 2.05) is 22.6 Å². The number of aromatic nitrogens is 1. The highest BCUT2D eigenvalue weighted by molar-refractivity contribution is 14.1. The van der Waals surface area contributed by atoms with E-state index in [-0.39, 0.29) is 16.5 Å². The van der Waals surface area contributed by atoms with E-state index >= 15 is 0 Å². The van der Waals surface area contributed by atoms with Crippen LogP contribution in [0.2, 0.25) is 5.02 Å². The van der Waals surface area contributed by atoms with Crippen LogP contribution in [-0.2, 0) is 5.88 Å². The minimum absolute atomic E-state index is 0.00843. The second kappa shape index (κ2) is 4.70. The number of nitrogens with zero attached hydrogens (tertiary/aromatic N) is 1. The molecule has 1 aromatic heterocycles. The van der Waals surface area contributed by atoms with Gasteiger partial charge in [0.1, 0.15) is 3.70 Å². The minimum atomic E-state index is -2.61. The predicted octanol–water partition coefficient (Wildman–Crippen LogP) is 4.02. The van der Waals surface area contributed by atoms with Gasteiger partial charge in [0.25, 0.3) is 6.43 Å². The quantitative estimate of drug-likeness (QED) is 0.451. The molecule has 0 fully saturated rings. The fourth-order valence-electron chi connectivity index (χ4n) is 0.879. The first-order chi connectivity index (χ1) is 6.07. The van der Waals surface area contributed by atoms with Gasteiger partial charge in [-0.3, -0.25) is 0 Å². The normalized spacial score (nSPS) is 10.9. The van der Waals surface area contributed by atoms with Crippen molar-refractivity contribution < 1.29 is 8.78 Å². The molecule has 1 heterocycles. The summed E-state index contributed by atoms with van der Waals surface area (Å²) in [7, 11) is 0. The van der Waals surface area contributed by atoms with Crippen LogP contribution in [0.25, 0.3) is 0 Å². The molecule has 0 bridgehead atoms. The molecule has 72 valence electrons. The van der Waals surface area contributed by atoms with Crippen LogP contribution in [0.3, 0.4) is 0 Å². The largest absolute Gasteiger partial charge is 0.265 e. The summed E-state index contributed by atoms with van der Waals surface area (Å²) in [5, 5.41) is -0.0360. The number of halogens is 5. The lowest BCUT2D eigenvalue weighted by atomic mass is 10.2. The monoisotopic (exact) mass is 337 g/mol. The molecule has 0 N–H and O–H groups in total. The van der Waals surface area contributed by atoms with Crippen LogP contribution >= 0.6 is 45.8 Å². The Morgan fingerprint density at radius 3 is 2.54 bits per heavy atom. The number of hydrogen-bond acceptors (Lipinski definition) is 1. The molecule has 0 radical (unpaired) electrons. The third-order valence-corrected chi connectivity index (χ3v) is 2.97. The number of pyridine rings is 1. The number of alkyl halides is 3. The van der Waals surface area contributed by atoms with Crippen LogP contribution in [-0.4, -0.2) is 4.98 Å². The zero-order chi connectivity index (χ0) is 10.0. The Bertz CT molecular complexity index is 320. The molecule has 0 atom stereocenters. The molecule has 0 saturated carbocycles. The molecule has 6 heteroatoms. The van der Waals surface area contributed by atoms with Crippen molar-refractivity contribution in [3.05, 3.63) is 26.0 Å². The SMILES string of the molecule is FC(F)c1c(Cl)cnc(I)c1CCl. The van der Waals surface area contributed by atoms with Crippen molar-refractivity contribution in [3.63, 3.8) is 0 Å². The standard InChI is InChI=1S/C7H4Cl2F2IN/c8-1-3-5(6(10)11)4(9)2-13-7(3)12/h2,6H,1H2. The Balaban J connectivity index is 3.35. The van der Waals surface area contributed by atoms with Gasteiger partial charge in [-0.05, 0) is 22.6 Å². The molecule has 0 unspecified atom stereocenters. The van der Waals surface area contributed by atoms with Crippen LogP contribution in [0, 0.1) is 3.70 Å². The van der Waals surface area contributed by atoms with Gasteiger partial charge in [0.05, 0.1) is 10.9 Å². The van der Waals surface area contributed by atoms with Crippen molar-refractivity contribution in [2.24, 2.45) is 0 Å². The fraction of sp³-hybridized carbons (Fsp3) is 0.286. The summed E-state index contributed by atoms with van der Waals surface area (Å²) < 4.78 is 25.4. The molecular weight excluding hydrogens is 334 g/mol. The fourth-order valence-corrected chi connectivity index (χ4v) is 2.24. The van der Waals surface area contributed by atoms with Crippen LogP contribution in [0.4, 0.5) is 8.78 Å². The van der Waals surface area contributed by atoms with E-state index < -0.39 is 6.43 Å². The Labute approximate surface area is 97.6 Å². The third-order valence-electron chi connectivity index (χ3n) is 1.47. The van der Waals surface area contributed by atoms with Gasteiger partial charge >= 0.3 is 0 Å². The summed E-state index contributed by atoms with van der Waals surface area (Å²) in [4.78, 5) is 3.83. The first-order valence-corrected chi connectivity index (χ1v) is 5.24. The van der Waals surface area contributed by atoms with Crippen LogP contribution in [0.15, 0.2) is 6.20 Å². The van der Waals surface area contributed by atoms with Crippen molar-refractivity contribution in [1.29, 1.82) is 0 Å². The predicted molar refractivity (Wildman–Crippen MR) is 56.5 cm³/mol. The Hall–Kier alpha value is 0.320. The van der Waals surface area contributed by atoms with Gasteiger partial charge in [0.15, 0.2) is 0 Å². The number of hydrogen-bond donors (Lipinski definition) is 0.